The van der Waals surface area contributed by atoms with E-state index in [9.17, 15) is 4.79 Å². The molecule has 1 atom stereocenters. The van der Waals surface area contributed by atoms with Crippen molar-refractivity contribution in [2.24, 2.45) is 19.8 Å². The molecule has 0 aliphatic heterocycles. The van der Waals surface area contributed by atoms with Crippen LogP contribution in [-0.4, -0.2) is 9.13 Å². The summed E-state index contributed by atoms with van der Waals surface area (Å²) >= 11 is 0. The molecule has 0 bridgehead atoms. The summed E-state index contributed by atoms with van der Waals surface area (Å²) in [7, 11) is 3.57. The second kappa shape index (κ2) is 4.90. The maximum atomic E-state index is 12.0. The summed E-state index contributed by atoms with van der Waals surface area (Å²) in [4.78, 5) is 12.0. The molecule has 0 saturated carbocycles. The summed E-state index contributed by atoms with van der Waals surface area (Å²) in [5, 5.41) is 0. The number of benzene rings is 2. The summed E-state index contributed by atoms with van der Waals surface area (Å²) in [5.41, 5.74) is 11.5. The third kappa shape index (κ3) is 2.08. The topological polar surface area (TPSA) is 52.9 Å². The van der Waals surface area contributed by atoms with Gasteiger partial charge in [0.25, 0.3) is 0 Å². The average molecular weight is 281 g/mol. The number of imidazole rings is 1. The summed E-state index contributed by atoms with van der Waals surface area (Å²) in [5.74, 6) is 0. The number of hydrogen-bond acceptors (Lipinski definition) is 2. The van der Waals surface area contributed by atoms with Crippen LogP contribution in [0, 0.1) is 6.92 Å². The Morgan fingerprint density at radius 1 is 1.00 bits per heavy atom. The van der Waals surface area contributed by atoms with Crippen LogP contribution >= 0.6 is 0 Å². The Bertz CT molecular complexity index is 873. The van der Waals surface area contributed by atoms with Crippen molar-refractivity contribution >= 4 is 11.0 Å². The van der Waals surface area contributed by atoms with Gasteiger partial charge >= 0.3 is 5.69 Å². The molecule has 0 amide bonds. The van der Waals surface area contributed by atoms with E-state index in [-0.39, 0.29) is 11.7 Å². The summed E-state index contributed by atoms with van der Waals surface area (Å²) in [6.45, 7) is 2.06. The lowest BCUT2D eigenvalue weighted by Gasteiger charge is -2.15. The van der Waals surface area contributed by atoms with Crippen molar-refractivity contribution in [2.45, 2.75) is 13.0 Å². The Hall–Kier alpha value is -2.33. The molecule has 4 nitrogen and oxygen atoms in total. The maximum absolute atomic E-state index is 12.0. The Labute approximate surface area is 123 Å². The second-order valence-electron chi connectivity index (χ2n) is 5.48. The molecule has 0 spiro atoms. The molecule has 3 aromatic rings. The molecule has 1 unspecified atom stereocenters. The van der Waals surface area contributed by atoms with Gasteiger partial charge < -0.3 is 5.73 Å². The van der Waals surface area contributed by atoms with E-state index in [2.05, 4.69) is 13.0 Å². The zero-order chi connectivity index (χ0) is 15.1. The first-order valence-electron chi connectivity index (χ1n) is 6.97. The first-order chi connectivity index (χ1) is 10.0. The smallest absolute Gasteiger partial charge is 0.320 e. The van der Waals surface area contributed by atoms with Gasteiger partial charge in [0.15, 0.2) is 0 Å². The van der Waals surface area contributed by atoms with E-state index in [0.717, 1.165) is 22.2 Å². The molecule has 108 valence electrons. The Kier molecular flexibility index (Phi) is 3.18. The zero-order valence-corrected chi connectivity index (χ0v) is 12.5. The van der Waals surface area contributed by atoms with Gasteiger partial charge in [-0.05, 0) is 35.7 Å². The fourth-order valence-electron chi connectivity index (χ4n) is 2.83. The van der Waals surface area contributed by atoms with Crippen LogP contribution in [0.5, 0.6) is 0 Å². The molecular formula is C17H19N3O. The molecule has 2 N–H and O–H groups in total. The summed E-state index contributed by atoms with van der Waals surface area (Å²) in [6.07, 6.45) is 0. The molecule has 0 fully saturated rings. The van der Waals surface area contributed by atoms with Gasteiger partial charge in [-0.25, -0.2) is 4.79 Å². The predicted octanol–water partition coefficient (Wildman–Crippen LogP) is 2.23. The molecule has 4 heteroatoms. The first-order valence-corrected chi connectivity index (χ1v) is 6.97. The van der Waals surface area contributed by atoms with Crippen molar-refractivity contribution in [3.8, 4) is 0 Å². The highest BCUT2D eigenvalue weighted by Crippen LogP contribution is 2.25. The highest BCUT2D eigenvalue weighted by Gasteiger charge is 2.14. The van der Waals surface area contributed by atoms with Gasteiger partial charge in [0.1, 0.15) is 0 Å². The maximum Gasteiger partial charge on any atom is 0.328 e. The van der Waals surface area contributed by atoms with Crippen molar-refractivity contribution in [2.75, 3.05) is 0 Å². The van der Waals surface area contributed by atoms with Crippen molar-refractivity contribution in [1.29, 1.82) is 0 Å². The van der Waals surface area contributed by atoms with Crippen LogP contribution in [0.4, 0.5) is 0 Å². The van der Waals surface area contributed by atoms with Gasteiger partial charge in [0.2, 0.25) is 0 Å². The Morgan fingerprint density at radius 2 is 1.67 bits per heavy atom. The van der Waals surface area contributed by atoms with E-state index in [1.165, 1.54) is 5.56 Å². The standard InChI is InChI=1S/C17H19N3O/c1-11-6-4-5-7-13(11)16(18)12-8-9-14-15(10-12)20(3)17(21)19(14)2/h4-10,16H,18H2,1-3H3. The number of hydrogen-bond donors (Lipinski definition) is 1. The van der Waals surface area contributed by atoms with Crippen LogP contribution in [0.15, 0.2) is 47.3 Å². The van der Waals surface area contributed by atoms with Crippen LogP contribution in [0.2, 0.25) is 0 Å². The minimum atomic E-state index is -0.189. The summed E-state index contributed by atoms with van der Waals surface area (Å²) < 4.78 is 3.31. The molecular weight excluding hydrogens is 262 g/mol. The number of fused-ring (bicyclic) bond motifs is 1. The molecule has 2 aromatic carbocycles. The Balaban J connectivity index is 2.16. The molecule has 0 aliphatic carbocycles. The number of nitrogens with zero attached hydrogens (tertiary/aromatic N) is 2. The number of nitrogens with two attached hydrogens (primary N) is 1. The fourth-order valence-corrected chi connectivity index (χ4v) is 2.83. The normalized spacial score (nSPS) is 12.8. The van der Waals surface area contributed by atoms with Crippen molar-refractivity contribution < 1.29 is 0 Å². The number of rotatable bonds is 2. The van der Waals surface area contributed by atoms with Crippen LogP contribution in [0.25, 0.3) is 11.0 Å². The molecule has 3 rings (SSSR count). The minimum Gasteiger partial charge on any atom is -0.320 e. The summed E-state index contributed by atoms with van der Waals surface area (Å²) in [6, 6.07) is 13.9. The molecule has 1 aromatic heterocycles. The lowest BCUT2D eigenvalue weighted by atomic mass is 9.95. The van der Waals surface area contributed by atoms with Crippen LogP contribution in [-0.2, 0) is 14.1 Å². The van der Waals surface area contributed by atoms with Crippen molar-refractivity contribution in [3.05, 3.63) is 69.6 Å². The van der Waals surface area contributed by atoms with Gasteiger partial charge in [0.05, 0.1) is 17.1 Å². The molecule has 0 radical (unpaired) electrons. The van der Waals surface area contributed by atoms with E-state index < -0.39 is 0 Å². The van der Waals surface area contributed by atoms with E-state index in [4.69, 9.17) is 5.73 Å². The highest BCUT2D eigenvalue weighted by atomic mass is 16.1. The predicted molar refractivity (Wildman–Crippen MR) is 85.4 cm³/mol. The van der Waals surface area contributed by atoms with Crippen LogP contribution in [0.1, 0.15) is 22.7 Å². The van der Waals surface area contributed by atoms with Gasteiger partial charge in [-0.15, -0.1) is 0 Å². The Morgan fingerprint density at radius 3 is 2.38 bits per heavy atom. The molecule has 0 aliphatic rings. The highest BCUT2D eigenvalue weighted by molar-refractivity contribution is 5.77. The lowest BCUT2D eigenvalue weighted by molar-refractivity contribution is 0.794. The first kappa shape index (κ1) is 13.6. The molecule has 1 heterocycles. The monoisotopic (exact) mass is 281 g/mol. The van der Waals surface area contributed by atoms with Crippen LogP contribution in [0.3, 0.4) is 0 Å². The van der Waals surface area contributed by atoms with Crippen molar-refractivity contribution in [3.63, 3.8) is 0 Å². The molecule has 0 saturated heterocycles. The third-order valence-electron chi connectivity index (χ3n) is 4.18. The van der Waals surface area contributed by atoms with Crippen molar-refractivity contribution in [1.82, 2.24) is 9.13 Å². The fraction of sp³-hybridized carbons (Fsp3) is 0.235. The number of aryl methyl sites for hydroxylation is 3. The second-order valence-corrected chi connectivity index (χ2v) is 5.48. The minimum absolute atomic E-state index is 0.0217. The number of aromatic nitrogens is 2. The van der Waals surface area contributed by atoms with Gasteiger partial charge in [-0.3, -0.25) is 9.13 Å². The van der Waals surface area contributed by atoms with E-state index in [0.29, 0.717) is 0 Å². The van der Waals surface area contributed by atoms with Gasteiger partial charge in [0, 0.05) is 14.1 Å². The van der Waals surface area contributed by atoms with E-state index in [1.54, 1.807) is 23.2 Å². The van der Waals surface area contributed by atoms with Gasteiger partial charge in [-0.1, -0.05) is 30.3 Å². The largest absolute Gasteiger partial charge is 0.328 e. The van der Waals surface area contributed by atoms with E-state index >= 15 is 0 Å². The van der Waals surface area contributed by atoms with Gasteiger partial charge in [-0.2, -0.15) is 0 Å². The average Bonchev–Trinajstić information content (AvgIpc) is 2.71. The van der Waals surface area contributed by atoms with E-state index in [1.807, 2.05) is 36.4 Å². The zero-order valence-electron chi connectivity index (χ0n) is 12.5. The van der Waals surface area contributed by atoms with Crippen LogP contribution < -0.4 is 11.4 Å². The SMILES string of the molecule is Cc1ccccc1C(N)c1ccc2c(c1)n(C)c(=O)n2C. The third-order valence-corrected chi connectivity index (χ3v) is 4.18. The lowest BCUT2D eigenvalue weighted by Crippen LogP contribution is -2.19. The quantitative estimate of drug-likeness (QED) is 0.783. The molecule has 21 heavy (non-hydrogen) atoms.